The Kier molecular flexibility index (Phi) is 7.26. The highest BCUT2D eigenvalue weighted by Gasteiger charge is 2.03. The van der Waals surface area contributed by atoms with Crippen molar-refractivity contribution in [2.75, 3.05) is 0 Å². The molecule has 0 aliphatic carbocycles. The minimum atomic E-state index is 0.0585. The molecule has 156 valence electrons. The summed E-state index contributed by atoms with van der Waals surface area (Å²) < 4.78 is 11.8. The number of benzene rings is 3. The molecule has 4 aromatic rings. The molecule has 0 fully saturated rings. The Morgan fingerprint density at radius 3 is 2.16 bits per heavy atom. The van der Waals surface area contributed by atoms with Crippen LogP contribution >= 0.6 is 0 Å². The number of fused-ring (bicyclic) bond motifs is 1. The number of nitrogens with zero attached hydrogens (tertiary/aromatic N) is 1. The summed E-state index contributed by atoms with van der Waals surface area (Å²) in [5.74, 6) is 1.51. The maximum absolute atomic E-state index is 7.44. The van der Waals surface area contributed by atoms with E-state index in [1.165, 1.54) is 0 Å². The van der Waals surface area contributed by atoms with Gasteiger partial charge in [0.15, 0.2) is 0 Å². The van der Waals surface area contributed by atoms with Gasteiger partial charge in [0.2, 0.25) is 0 Å². The highest BCUT2D eigenvalue weighted by atomic mass is 16.5. The Morgan fingerprint density at radius 2 is 1.45 bits per heavy atom. The maximum atomic E-state index is 7.44. The van der Waals surface area contributed by atoms with Gasteiger partial charge in [-0.05, 0) is 29.8 Å². The summed E-state index contributed by atoms with van der Waals surface area (Å²) in [6.07, 6.45) is 0. The molecular formula is C24H23N5O2. The predicted octanol–water partition coefficient (Wildman–Crippen LogP) is 5.27. The van der Waals surface area contributed by atoms with Gasteiger partial charge in [0.1, 0.15) is 30.5 Å². The molecule has 0 radical (unpaired) electrons. The summed E-state index contributed by atoms with van der Waals surface area (Å²) in [6.45, 7) is 0.814. The lowest BCUT2D eigenvalue weighted by molar-refractivity contribution is 0.288. The van der Waals surface area contributed by atoms with Gasteiger partial charge in [0, 0.05) is 17.0 Å². The van der Waals surface area contributed by atoms with Crippen LogP contribution in [0.15, 0.2) is 84.9 Å². The van der Waals surface area contributed by atoms with E-state index in [2.05, 4.69) is 11.1 Å². The van der Waals surface area contributed by atoms with Crippen LogP contribution in [0.3, 0.4) is 0 Å². The molecule has 7 heteroatoms. The number of hydrogen-bond donors (Lipinski definition) is 4. The summed E-state index contributed by atoms with van der Waals surface area (Å²) in [7, 11) is 0. The third-order valence-corrected chi connectivity index (χ3v) is 4.52. The topological polar surface area (TPSA) is 129 Å². The molecule has 5 N–H and O–H groups in total. The summed E-state index contributed by atoms with van der Waals surface area (Å²) in [4.78, 5) is 4.63. The van der Waals surface area contributed by atoms with Gasteiger partial charge in [-0.15, -0.1) is 0 Å². The van der Waals surface area contributed by atoms with Crippen molar-refractivity contribution in [1.29, 1.82) is 16.5 Å². The highest BCUT2D eigenvalue weighted by Crippen LogP contribution is 2.22. The number of amidine groups is 1. The largest absolute Gasteiger partial charge is 0.489 e. The monoisotopic (exact) mass is 413 g/mol. The van der Waals surface area contributed by atoms with Crippen LogP contribution in [0.25, 0.3) is 10.9 Å². The zero-order valence-corrected chi connectivity index (χ0v) is 16.8. The van der Waals surface area contributed by atoms with Gasteiger partial charge < -0.3 is 15.2 Å². The number of pyridine rings is 1. The molecule has 0 aliphatic heterocycles. The van der Waals surface area contributed by atoms with Crippen LogP contribution in [-0.2, 0) is 13.2 Å². The van der Waals surface area contributed by atoms with Crippen molar-refractivity contribution in [3.05, 3.63) is 102 Å². The fraction of sp³-hybridized carbons (Fsp3) is 0.0833. The van der Waals surface area contributed by atoms with Crippen molar-refractivity contribution in [1.82, 2.24) is 4.98 Å². The summed E-state index contributed by atoms with van der Waals surface area (Å²) >= 11 is 0. The fourth-order valence-electron chi connectivity index (χ4n) is 2.95. The van der Waals surface area contributed by atoms with Crippen molar-refractivity contribution in [2.45, 2.75) is 13.2 Å². The SMILES string of the molecule is N=C(N)c1ccc(COc2cccc(OCc3ccc4ccccc4n3)c2)cc1.N=N. The van der Waals surface area contributed by atoms with Crippen LogP contribution in [0, 0.1) is 16.5 Å². The average molecular weight is 413 g/mol. The standard InChI is InChI=1S/C24H21N3O2.H2N2/c25-24(26)19-10-8-17(9-11-19)15-28-21-5-3-6-22(14-21)29-16-20-13-12-18-4-1-2-7-23(18)27-20;1-2/h1-14H,15-16H2,(H3,25,26);1-2H. The molecule has 31 heavy (non-hydrogen) atoms. The van der Waals surface area contributed by atoms with Crippen molar-refractivity contribution in [2.24, 2.45) is 5.73 Å². The van der Waals surface area contributed by atoms with E-state index < -0.39 is 0 Å². The number of para-hydroxylation sites is 1. The number of ether oxygens (including phenoxy) is 2. The molecule has 4 rings (SSSR count). The first-order valence-electron chi connectivity index (χ1n) is 9.56. The van der Waals surface area contributed by atoms with E-state index in [1.807, 2.05) is 78.9 Å². The van der Waals surface area contributed by atoms with Gasteiger partial charge in [-0.25, -0.2) is 16.0 Å². The molecule has 1 aromatic heterocycles. The first-order valence-corrected chi connectivity index (χ1v) is 9.56. The Morgan fingerprint density at radius 1 is 0.774 bits per heavy atom. The molecule has 0 unspecified atom stereocenters. The normalized spacial score (nSPS) is 10.1. The number of aromatic nitrogens is 1. The third kappa shape index (κ3) is 5.86. The molecule has 0 saturated heterocycles. The van der Waals surface area contributed by atoms with E-state index in [0.29, 0.717) is 18.8 Å². The van der Waals surface area contributed by atoms with Crippen molar-refractivity contribution in [3.63, 3.8) is 0 Å². The average Bonchev–Trinajstić information content (AvgIpc) is 2.83. The van der Waals surface area contributed by atoms with Gasteiger partial charge >= 0.3 is 0 Å². The molecular weight excluding hydrogens is 390 g/mol. The number of nitrogens with one attached hydrogen (secondary N) is 3. The lowest BCUT2D eigenvalue weighted by Gasteiger charge is -2.10. The fourth-order valence-corrected chi connectivity index (χ4v) is 2.95. The van der Waals surface area contributed by atoms with Crippen LogP contribution in [0.1, 0.15) is 16.8 Å². The Hall–Kier alpha value is -4.26. The van der Waals surface area contributed by atoms with Crippen molar-refractivity contribution in [3.8, 4) is 11.5 Å². The Bertz CT molecular complexity index is 1160. The molecule has 0 saturated carbocycles. The van der Waals surface area contributed by atoms with E-state index >= 15 is 0 Å². The summed E-state index contributed by atoms with van der Waals surface area (Å²) in [5, 5.41) is 8.55. The maximum Gasteiger partial charge on any atom is 0.130 e. The zero-order valence-electron chi connectivity index (χ0n) is 16.8. The van der Waals surface area contributed by atoms with Gasteiger partial charge in [0.25, 0.3) is 0 Å². The first-order chi connectivity index (χ1) is 15.2. The molecule has 0 aliphatic rings. The number of nitrogen functional groups attached to an aromatic ring is 1. The molecule has 0 amide bonds. The number of hydrogen-bond acceptors (Lipinski definition) is 6. The summed E-state index contributed by atoms with van der Waals surface area (Å²) in [6, 6.07) is 27.1. The highest BCUT2D eigenvalue weighted by molar-refractivity contribution is 5.94. The Balaban J connectivity index is 0.00000132. The minimum Gasteiger partial charge on any atom is -0.489 e. The lowest BCUT2D eigenvalue weighted by atomic mass is 10.1. The van der Waals surface area contributed by atoms with Gasteiger partial charge in [-0.1, -0.05) is 54.6 Å². The summed E-state index contributed by atoms with van der Waals surface area (Å²) in [5.41, 5.74) is 19.0. The van der Waals surface area contributed by atoms with E-state index in [-0.39, 0.29) is 5.84 Å². The second-order valence-electron chi connectivity index (χ2n) is 6.66. The molecule has 0 atom stereocenters. The molecule has 3 aromatic carbocycles. The van der Waals surface area contributed by atoms with E-state index in [1.54, 1.807) is 0 Å². The van der Waals surface area contributed by atoms with Crippen LogP contribution < -0.4 is 15.2 Å². The van der Waals surface area contributed by atoms with Crippen LogP contribution in [-0.4, -0.2) is 10.8 Å². The quantitative estimate of drug-likeness (QED) is 0.187. The number of rotatable bonds is 7. The third-order valence-electron chi connectivity index (χ3n) is 4.52. The van der Waals surface area contributed by atoms with Crippen LogP contribution in [0.5, 0.6) is 11.5 Å². The molecule has 1 heterocycles. The Labute approximate surface area is 180 Å². The smallest absolute Gasteiger partial charge is 0.130 e. The number of nitrogens with two attached hydrogens (primary N) is 1. The first kappa shape index (κ1) is 21.4. The van der Waals surface area contributed by atoms with Crippen molar-refractivity contribution < 1.29 is 9.47 Å². The predicted molar refractivity (Wildman–Crippen MR) is 120 cm³/mol. The van der Waals surface area contributed by atoms with Gasteiger partial charge in [-0.2, -0.15) is 0 Å². The molecule has 7 nitrogen and oxygen atoms in total. The van der Waals surface area contributed by atoms with E-state index in [9.17, 15) is 0 Å². The van der Waals surface area contributed by atoms with Crippen molar-refractivity contribution >= 4 is 16.7 Å². The zero-order chi connectivity index (χ0) is 22.1. The molecule has 0 spiro atoms. The lowest BCUT2D eigenvalue weighted by Crippen LogP contribution is -2.10. The molecule has 0 bridgehead atoms. The van der Waals surface area contributed by atoms with Gasteiger partial charge in [0.05, 0.1) is 11.2 Å². The second-order valence-corrected chi connectivity index (χ2v) is 6.66. The van der Waals surface area contributed by atoms with E-state index in [4.69, 9.17) is 31.7 Å². The van der Waals surface area contributed by atoms with Crippen LogP contribution in [0.2, 0.25) is 0 Å². The van der Waals surface area contributed by atoms with E-state index in [0.717, 1.165) is 33.7 Å². The second kappa shape index (κ2) is 10.5. The van der Waals surface area contributed by atoms with Gasteiger partial charge in [-0.3, -0.25) is 5.41 Å². The van der Waals surface area contributed by atoms with Crippen LogP contribution in [0.4, 0.5) is 0 Å². The minimum absolute atomic E-state index is 0.0585.